The molecule has 0 fully saturated rings. The van der Waals surface area contributed by atoms with Crippen molar-refractivity contribution in [1.82, 2.24) is 0 Å². The first-order valence-electron chi connectivity index (χ1n) is 6.82. The number of ketones is 1. The maximum absolute atomic E-state index is 12.5. The topological polar surface area (TPSA) is 17.1 Å². The highest BCUT2D eigenvalue weighted by atomic mass is 35.5. The van der Waals surface area contributed by atoms with E-state index in [-0.39, 0.29) is 11.7 Å². The molecule has 0 aromatic heterocycles. The number of hydrogen-bond acceptors (Lipinski definition) is 1. The minimum Gasteiger partial charge on any atom is -0.294 e. The third-order valence-electron chi connectivity index (χ3n) is 3.49. The van der Waals surface area contributed by atoms with Gasteiger partial charge < -0.3 is 0 Å². The van der Waals surface area contributed by atoms with Crippen LogP contribution in [0.3, 0.4) is 0 Å². The smallest absolute Gasteiger partial charge is 0.167 e. The Kier molecular flexibility index (Phi) is 5.87. The zero-order valence-corrected chi connectivity index (χ0v) is 12.6. The van der Waals surface area contributed by atoms with Gasteiger partial charge in [0.2, 0.25) is 0 Å². The second kappa shape index (κ2) is 6.94. The van der Waals surface area contributed by atoms with Crippen molar-refractivity contribution in [3.63, 3.8) is 0 Å². The molecule has 0 heterocycles. The Morgan fingerprint density at radius 3 is 2.11 bits per heavy atom. The number of rotatable bonds is 6. The Labute approximate surface area is 116 Å². The summed E-state index contributed by atoms with van der Waals surface area (Å²) in [7, 11) is 0. The molecular weight excluding hydrogens is 244 g/mol. The van der Waals surface area contributed by atoms with Crippen LogP contribution in [0.2, 0.25) is 5.02 Å². The summed E-state index contributed by atoms with van der Waals surface area (Å²) in [6, 6.07) is 3.84. The van der Waals surface area contributed by atoms with E-state index in [1.54, 1.807) is 0 Å². The van der Waals surface area contributed by atoms with E-state index in [9.17, 15) is 4.79 Å². The van der Waals surface area contributed by atoms with Gasteiger partial charge in [0.05, 0.1) is 5.02 Å². The van der Waals surface area contributed by atoms with E-state index in [4.69, 9.17) is 11.6 Å². The Hall–Kier alpha value is -0.820. The quantitative estimate of drug-likeness (QED) is 0.634. The van der Waals surface area contributed by atoms with Gasteiger partial charge in [0.1, 0.15) is 0 Å². The van der Waals surface area contributed by atoms with Gasteiger partial charge in [0, 0.05) is 11.5 Å². The summed E-state index contributed by atoms with van der Waals surface area (Å²) < 4.78 is 0. The lowest BCUT2D eigenvalue weighted by molar-refractivity contribution is 0.0905. The maximum Gasteiger partial charge on any atom is 0.167 e. The number of carbonyl (C=O) groups excluding carboxylic acids is 1. The fraction of sp³-hybridized carbons (Fsp3) is 0.562. The van der Waals surface area contributed by atoms with Crippen molar-refractivity contribution >= 4 is 17.4 Å². The van der Waals surface area contributed by atoms with Gasteiger partial charge in [-0.2, -0.15) is 0 Å². The van der Waals surface area contributed by atoms with E-state index in [1.807, 2.05) is 26.0 Å². The van der Waals surface area contributed by atoms with Crippen LogP contribution >= 0.6 is 11.6 Å². The third-order valence-corrected chi connectivity index (χ3v) is 3.81. The maximum atomic E-state index is 12.5. The minimum absolute atomic E-state index is 0.125. The Balaban J connectivity index is 3.04. The van der Waals surface area contributed by atoms with Crippen LogP contribution in [0.5, 0.6) is 0 Å². The molecule has 1 aromatic carbocycles. The van der Waals surface area contributed by atoms with Gasteiger partial charge in [0.25, 0.3) is 0 Å². The highest BCUT2D eigenvalue weighted by molar-refractivity contribution is 6.34. The average molecular weight is 267 g/mol. The van der Waals surface area contributed by atoms with Crippen LogP contribution in [0.15, 0.2) is 12.1 Å². The summed E-state index contributed by atoms with van der Waals surface area (Å²) in [6.07, 6.45) is 3.99. The van der Waals surface area contributed by atoms with E-state index < -0.39 is 0 Å². The van der Waals surface area contributed by atoms with E-state index >= 15 is 0 Å². The standard InChI is InChI=1S/C16H23ClO/c1-5-7-13(8-6-2)16(18)14-9-11(3)12(4)10-15(14)17/h9-10,13H,5-8H2,1-4H3. The fourth-order valence-corrected chi connectivity index (χ4v) is 2.60. The van der Waals surface area contributed by atoms with Gasteiger partial charge in [-0.3, -0.25) is 4.79 Å². The third kappa shape index (κ3) is 3.58. The van der Waals surface area contributed by atoms with Gasteiger partial charge in [-0.15, -0.1) is 0 Å². The summed E-state index contributed by atoms with van der Waals surface area (Å²) in [5.74, 6) is 0.339. The molecule has 0 aliphatic carbocycles. The molecule has 0 radical (unpaired) electrons. The number of aryl methyl sites for hydroxylation is 2. The van der Waals surface area contributed by atoms with Crippen LogP contribution in [0, 0.1) is 19.8 Å². The van der Waals surface area contributed by atoms with E-state index in [1.165, 1.54) is 0 Å². The summed E-state index contributed by atoms with van der Waals surface area (Å²) in [6.45, 7) is 8.29. The molecule has 1 nitrogen and oxygen atoms in total. The molecule has 0 atom stereocenters. The second-order valence-corrected chi connectivity index (χ2v) is 5.46. The molecule has 0 saturated heterocycles. The van der Waals surface area contributed by atoms with Crippen molar-refractivity contribution < 1.29 is 4.79 Å². The van der Waals surface area contributed by atoms with Gasteiger partial charge in [-0.25, -0.2) is 0 Å². The Morgan fingerprint density at radius 1 is 1.11 bits per heavy atom. The predicted molar refractivity (Wildman–Crippen MR) is 78.6 cm³/mol. The van der Waals surface area contributed by atoms with E-state index in [0.717, 1.165) is 36.8 Å². The van der Waals surface area contributed by atoms with Crippen molar-refractivity contribution in [1.29, 1.82) is 0 Å². The first-order chi connectivity index (χ1) is 8.51. The molecule has 0 spiro atoms. The summed E-state index contributed by atoms with van der Waals surface area (Å²) in [5, 5.41) is 0.598. The highest BCUT2D eigenvalue weighted by Gasteiger charge is 2.21. The van der Waals surface area contributed by atoms with Crippen molar-refractivity contribution in [2.75, 3.05) is 0 Å². The lowest BCUT2D eigenvalue weighted by Gasteiger charge is -2.16. The van der Waals surface area contributed by atoms with E-state index in [0.29, 0.717) is 10.6 Å². The van der Waals surface area contributed by atoms with Gasteiger partial charge >= 0.3 is 0 Å². The van der Waals surface area contributed by atoms with Crippen molar-refractivity contribution in [3.05, 3.63) is 33.8 Å². The molecule has 0 unspecified atom stereocenters. The molecule has 0 bridgehead atoms. The van der Waals surface area contributed by atoms with Gasteiger partial charge in [0.15, 0.2) is 5.78 Å². The van der Waals surface area contributed by atoms with Crippen molar-refractivity contribution in [2.45, 2.75) is 53.4 Å². The molecule has 18 heavy (non-hydrogen) atoms. The van der Waals surface area contributed by atoms with Crippen LogP contribution in [0.1, 0.15) is 61.0 Å². The molecule has 1 aromatic rings. The number of Topliss-reactive ketones (excluding diaryl/α,β-unsaturated/α-hetero) is 1. The molecular formula is C16H23ClO. The molecule has 0 aliphatic heterocycles. The van der Waals surface area contributed by atoms with Crippen LogP contribution in [0.4, 0.5) is 0 Å². The Morgan fingerprint density at radius 2 is 1.61 bits per heavy atom. The van der Waals surface area contributed by atoms with Gasteiger partial charge in [-0.1, -0.05) is 38.3 Å². The van der Waals surface area contributed by atoms with Crippen LogP contribution in [0.25, 0.3) is 0 Å². The number of carbonyl (C=O) groups is 1. The summed E-state index contributed by atoms with van der Waals surface area (Å²) in [4.78, 5) is 12.5. The molecule has 0 amide bonds. The zero-order valence-electron chi connectivity index (χ0n) is 11.8. The number of benzene rings is 1. The minimum atomic E-state index is 0.125. The Bertz CT molecular complexity index is 417. The molecule has 0 saturated carbocycles. The van der Waals surface area contributed by atoms with Gasteiger partial charge in [-0.05, 0) is 49.9 Å². The molecule has 2 heteroatoms. The average Bonchev–Trinajstić information content (AvgIpc) is 2.33. The van der Waals surface area contributed by atoms with Crippen molar-refractivity contribution in [3.8, 4) is 0 Å². The lowest BCUT2D eigenvalue weighted by Crippen LogP contribution is -2.15. The SMILES string of the molecule is CCCC(CCC)C(=O)c1cc(C)c(C)cc1Cl. The molecule has 1 rings (SSSR count). The van der Waals surface area contributed by atoms with Crippen LogP contribution in [-0.2, 0) is 0 Å². The molecule has 0 aliphatic rings. The second-order valence-electron chi connectivity index (χ2n) is 5.05. The number of halogens is 1. The largest absolute Gasteiger partial charge is 0.294 e. The fourth-order valence-electron chi connectivity index (χ4n) is 2.29. The van der Waals surface area contributed by atoms with Crippen molar-refractivity contribution in [2.24, 2.45) is 5.92 Å². The first-order valence-corrected chi connectivity index (χ1v) is 7.20. The summed E-state index contributed by atoms with van der Waals surface area (Å²) in [5.41, 5.74) is 2.97. The molecule has 0 N–H and O–H groups in total. The monoisotopic (exact) mass is 266 g/mol. The number of hydrogen-bond donors (Lipinski definition) is 0. The van der Waals surface area contributed by atoms with Crippen LogP contribution < -0.4 is 0 Å². The van der Waals surface area contributed by atoms with E-state index in [2.05, 4.69) is 13.8 Å². The zero-order chi connectivity index (χ0) is 13.7. The predicted octanol–water partition coefficient (Wildman–Crippen LogP) is 5.36. The summed E-state index contributed by atoms with van der Waals surface area (Å²) >= 11 is 6.22. The van der Waals surface area contributed by atoms with Crippen LogP contribution in [-0.4, -0.2) is 5.78 Å². The molecule has 100 valence electrons. The first kappa shape index (κ1) is 15.2. The normalized spacial score (nSPS) is 11.0. The highest BCUT2D eigenvalue weighted by Crippen LogP contribution is 2.26. The lowest BCUT2D eigenvalue weighted by atomic mass is 9.89.